The predicted octanol–water partition coefficient (Wildman–Crippen LogP) is 2.27. The Labute approximate surface area is 110 Å². The number of nitrogens with two attached hydrogens (primary N) is 2. The summed E-state index contributed by atoms with van der Waals surface area (Å²) in [6, 6.07) is 0. The van der Waals surface area contributed by atoms with Crippen molar-refractivity contribution in [3.8, 4) is 0 Å². The summed E-state index contributed by atoms with van der Waals surface area (Å²) in [5.41, 5.74) is 11.6. The van der Waals surface area contributed by atoms with Crippen LogP contribution in [-0.4, -0.2) is 11.8 Å². The summed E-state index contributed by atoms with van der Waals surface area (Å²) in [4.78, 5) is 21.8. The van der Waals surface area contributed by atoms with Crippen molar-refractivity contribution >= 4 is 11.8 Å². The van der Waals surface area contributed by atoms with E-state index in [1.807, 2.05) is 13.8 Å². The topological polar surface area (TPSA) is 86.2 Å². The quantitative estimate of drug-likeness (QED) is 0.463. The fraction of sp³-hybridized carbons (Fsp3) is 0.714. The maximum Gasteiger partial charge on any atom is 0.220 e. The van der Waals surface area contributed by atoms with E-state index in [-0.39, 0.29) is 17.7 Å². The molecule has 1 atom stereocenters. The first-order chi connectivity index (χ1) is 8.43. The third-order valence-corrected chi connectivity index (χ3v) is 2.94. The first-order valence-corrected chi connectivity index (χ1v) is 6.64. The number of hydrogen-bond donors (Lipinski definition) is 2. The summed E-state index contributed by atoms with van der Waals surface area (Å²) in [6.45, 7) is 4.03. The standard InChI is InChI=1S/C14H26N2O2/c1-11(2)9-10-12(14(16)18)7-5-3-4-6-8-13(15)17/h9,12H,3-8,10H2,1-2H3,(H2,15,17)(H2,16,18). The highest BCUT2D eigenvalue weighted by Crippen LogP contribution is 2.16. The van der Waals surface area contributed by atoms with Gasteiger partial charge < -0.3 is 11.5 Å². The third-order valence-electron chi connectivity index (χ3n) is 2.94. The summed E-state index contributed by atoms with van der Waals surface area (Å²) >= 11 is 0. The molecule has 0 rings (SSSR count). The molecule has 0 aromatic heterocycles. The van der Waals surface area contributed by atoms with Crippen LogP contribution in [-0.2, 0) is 9.59 Å². The molecule has 0 heterocycles. The van der Waals surface area contributed by atoms with Crippen LogP contribution in [0.25, 0.3) is 0 Å². The van der Waals surface area contributed by atoms with Gasteiger partial charge in [0.1, 0.15) is 0 Å². The Kier molecular flexibility index (Phi) is 8.97. The van der Waals surface area contributed by atoms with Crippen molar-refractivity contribution in [2.24, 2.45) is 17.4 Å². The van der Waals surface area contributed by atoms with E-state index in [4.69, 9.17) is 11.5 Å². The zero-order chi connectivity index (χ0) is 14.0. The Bertz CT molecular complexity index is 294. The van der Waals surface area contributed by atoms with Gasteiger partial charge in [-0.3, -0.25) is 9.59 Å². The maximum absolute atomic E-state index is 11.3. The van der Waals surface area contributed by atoms with Gasteiger partial charge in [0, 0.05) is 12.3 Å². The summed E-state index contributed by atoms with van der Waals surface area (Å²) < 4.78 is 0. The van der Waals surface area contributed by atoms with E-state index in [1.54, 1.807) is 0 Å². The van der Waals surface area contributed by atoms with E-state index < -0.39 is 0 Å². The molecule has 4 N–H and O–H groups in total. The summed E-state index contributed by atoms with van der Waals surface area (Å²) in [7, 11) is 0. The highest BCUT2D eigenvalue weighted by molar-refractivity contribution is 5.76. The summed E-state index contributed by atoms with van der Waals surface area (Å²) in [5.74, 6) is -0.519. The lowest BCUT2D eigenvalue weighted by molar-refractivity contribution is -0.122. The van der Waals surface area contributed by atoms with Crippen molar-refractivity contribution in [1.29, 1.82) is 0 Å². The zero-order valence-corrected chi connectivity index (χ0v) is 11.6. The van der Waals surface area contributed by atoms with Gasteiger partial charge in [-0.15, -0.1) is 0 Å². The lowest BCUT2D eigenvalue weighted by atomic mass is 9.95. The largest absolute Gasteiger partial charge is 0.370 e. The average Bonchev–Trinajstić information content (AvgIpc) is 2.25. The smallest absolute Gasteiger partial charge is 0.220 e. The van der Waals surface area contributed by atoms with Crippen LogP contribution in [0.4, 0.5) is 0 Å². The highest BCUT2D eigenvalue weighted by atomic mass is 16.1. The molecule has 0 saturated carbocycles. The highest BCUT2D eigenvalue weighted by Gasteiger charge is 2.13. The van der Waals surface area contributed by atoms with Crippen LogP contribution < -0.4 is 11.5 Å². The van der Waals surface area contributed by atoms with E-state index in [2.05, 4.69) is 6.08 Å². The molecule has 104 valence electrons. The van der Waals surface area contributed by atoms with Gasteiger partial charge in [0.05, 0.1) is 0 Å². The number of carbonyl (C=O) groups excluding carboxylic acids is 2. The molecular formula is C14H26N2O2. The van der Waals surface area contributed by atoms with E-state index >= 15 is 0 Å². The van der Waals surface area contributed by atoms with Crippen molar-refractivity contribution in [3.05, 3.63) is 11.6 Å². The Morgan fingerprint density at radius 3 is 2.17 bits per heavy atom. The fourth-order valence-electron chi connectivity index (χ4n) is 1.80. The van der Waals surface area contributed by atoms with E-state index in [0.29, 0.717) is 6.42 Å². The predicted molar refractivity (Wildman–Crippen MR) is 73.6 cm³/mol. The average molecular weight is 254 g/mol. The van der Waals surface area contributed by atoms with Gasteiger partial charge in [-0.25, -0.2) is 0 Å². The lowest BCUT2D eigenvalue weighted by Gasteiger charge is -2.11. The molecule has 18 heavy (non-hydrogen) atoms. The van der Waals surface area contributed by atoms with Crippen LogP contribution in [0.2, 0.25) is 0 Å². The SMILES string of the molecule is CC(C)=CCC(CCCCCCC(N)=O)C(N)=O. The molecule has 0 radical (unpaired) electrons. The van der Waals surface area contributed by atoms with Gasteiger partial charge in [0.25, 0.3) is 0 Å². The molecule has 0 fully saturated rings. The van der Waals surface area contributed by atoms with Crippen LogP contribution in [0.15, 0.2) is 11.6 Å². The second-order valence-corrected chi connectivity index (χ2v) is 5.04. The first-order valence-electron chi connectivity index (χ1n) is 6.64. The van der Waals surface area contributed by atoms with Crippen LogP contribution in [0, 0.1) is 5.92 Å². The Hall–Kier alpha value is -1.32. The lowest BCUT2D eigenvalue weighted by Crippen LogP contribution is -2.22. The van der Waals surface area contributed by atoms with E-state index in [1.165, 1.54) is 5.57 Å². The second kappa shape index (κ2) is 9.68. The minimum Gasteiger partial charge on any atom is -0.370 e. The molecule has 0 aliphatic rings. The third kappa shape index (κ3) is 9.87. The molecule has 0 aromatic rings. The van der Waals surface area contributed by atoms with Gasteiger partial charge >= 0.3 is 0 Å². The van der Waals surface area contributed by atoms with Gasteiger partial charge in [0.15, 0.2) is 0 Å². The molecule has 4 heteroatoms. The summed E-state index contributed by atoms with van der Waals surface area (Å²) in [5, 5.41) is 0. The molecule has 0 spiro atoms. The Morgan fingerprint density at radius 2 is 1.67 bits per heavy atom. The van der Waals surface area contributed by atoms with Gasteiger partial charge in [-0.05, 0) is 33.1 Å². The number of primary amides is 2. The molecular weight excluding hydrogens is 228 g/mol. The van der Waals surface area contributed by atoms with Crippen molar-refractivity contribution in [2.45, 2.75) is 58.8 Å². The minimum absolute atomic E-state index is 0.0592. The van der Waals surface area contributed by atoms with Crippen molar-refractivity contribution < 1.29 is 9.59 Å². The number of hydrogen-bond acceptors (Lipinski definition) is 2. The maximum atomic E-state index is 11.3. The van der Waals surface area contributed by atoms with E-state index in [0.717, 1.165) is 38.5 Å². The molecule has 1 unspecified atom stereocenters. The number of rotatable bonds is 10. The van der Waals surface area contributed by atoms with Gasteiger partial charge in [-0.2, -0.15) is 0 Å². The Morgan fingerprint density at radius 1 is 1.06 bits per heavy atom. The van der Waals surface area contributed by atoms with Gasteiger partial charge in [0.2, 0.25) is 11.8 Å². The molecule has 0 aliphatic carbocycles. The second-order valence-electron chi connectivity index (χ2n) is 5.04. The van der Waals surface area contributed by atoms with Gasteiger partial charge in [-0.1, -0.05) is 30.9 Å². The molecule has 2 amide bonds. The van der Waals surface area contributed by atoms with Crippen molar-refractivity contribution in [3.63, 3.8) is 0 Å². The van der Waals surface area contributed by atoms with E-state index in [9.17, 15) is 9.59 Å². The Balaban J connectivity index is 3.74. The van der Waals surface area contributed by atoms with Crippen LogP contribution >= 0.6 is 0 Å². The normalized spacial score (nSPS) is 11.9. The fourth-order valence-corrected chi connectivity index (χ4v) is 1.80. The monoisotopic (exact) mass is 254 g/mol. The molecule has 0 saturated heterocycles. The first kappa shape index (κ1) is 16.7. The van der Waals surface area contributed by atoms with Crippen LogP contribution in [0.5, 0.6) is 0 Å². The summed E-state index contributed by atoms with van der Waals surface area (Å²) in [6.07, 6.45) is 7.89. The molecule has 0 aliphatic heterocycles. The molecule has 0 bridgehead atoms. The number of carbonyl (C=O) groups is 2. The van der Waals surface area contributed by atoms with Crippen LogP contribution in [0.1, 0.15) is 58.8 Å². The molecule has 4 nitrogen and oxygen atoms in total. The van der Waals surface area contributed by atoms with Crippen molar-refractivity contribution in [1.82, 2.24) is 0 Å². The number of unbranched alkanes of at least 4 members (excludes halogenated alkanes) is 3. The number of allylic oxidation sites excluding steroid dienone is 2. The number of amides is 2. The zero-order valence-electron chi connectivity index (χ0n) is 11.6. The molecule has 0 aromatic carbocycles. The minimum atomic E-state index is -0.242. The van der Waals surface area contributed by atoms with Crippen LogP contribution in [0.3, 0.4) is 0 Å². The van der Waals surface area contributed by atoms with Crippen molar-refractivity contribution in [2.75, 3.05) is 0 Å².